The van der Waals surface area contributed by atoms with E-state index in [1.165, 1.54) is 17.0 Å². The summed E-state index contributed by atoms with van der Waals surface area (Å²) >= 11 is 5.20. The molecule has 122 valence electrons. The number of ether oxygens (including phenoxy) is 1. The number of rotatable bonds is 5. The Balaban J connectivity index is 1.94. The largest absolute Gasteiger partial charge is 0.494 e. The van der Waals surface area contributed by atoms with Crippen LogP contribution in [0.5, 0.6) is 5.75 Å². The molecular formula is C17H15FN4OS. The number of hydrogen-bond acceptors (Lipinski definition) is 4. The van der Waals surface area contributed by atoms with Crippen molar-refractivity contribution in [1.82, 2.24) is 14.9 Å². The Morgan fingerprint density at radius 3 is 2.71 bits per heavy atom. The standard InChI is InChI=1S/C17H15FN4OS/c1-2-23-14-9-7-12(8-10-14)16-20-21-17(24)22(16)19-11-13-5-3-4-6-15(13)18/h3-11H,2H2,1H3,(H,21,24)/b19-11+. The van der Waals surface area contributed by atoms with Crippen molar-refractivity contribution in [3.05, 3.63) is 64.7 Å². The molecule has 5 nitrogen and oxygen atoms in total. The number of aromatic nitrogens is 3. The molecule has 3 rings (SSSR count). The van der Waals surface area contributed by atoms with Crippen LogP contribution in [0.25, 0.3) is 11.4 Å². The Morgan fingerprint density at radius 2 is 2.00 bits per heavy atom. The second-order valence-corrected chi connectivity index (χ2v) is 5.27. The van der Waals surface area contributed by atoms with Gasteiger partial charge in [0.25, 0.3) is 0 Å². The smallest absolute Gasteiger partial charge is 0.216 e. The van der Waals surface area contributed by atoms with Crippen LogP contribution in [0, 0.1) is 10.6 Å². The first-order chi connectivity index (χ1) is 11.7. The van der Waals surface area contributed by atoms with Crippen molar-refractivity contribution < 1.29 is 9.13 Å². The van der Waals surface area contributed by atoms with Crippen molar-refractivity contribution in [3.8, 4) is 17.1 Å². The van der Waals surface area contributed by atoms with Crippen molar-refractivity contribution in [2.75, 3.05) is 6.61 Å². The average molecular weight is 342 g/mol. The van der Waals surface area contributed by atoms with Crippen LogP contribution in [-0.4, -0.2) is 27.7 Å². The number of H-pyrrole nitrogens is 1. The Kier molecular flexibility index (Phi) is 4.81. The van der Waals surface area contributed by atoms with Crippen molar-refractivity contribution in [2.24, 2.45) is 5.10 Å². The van der Waals surface area contributed by atoms with Gasteiger partial charge in [0.2, 0.25) is 4.77 Å². The van der Waals surface area contributed by atoms with E-state index in [1.807, 2.05) is 31.2 Å². The van der Waals surface area contributed by atoms with Crippen LogP contribution in [0.3, 0.4) is 0 Å². The highest BCUT2D eigenvalue weighted by molar-refractivity contribution is 7.71. The summed E-state index contributed by atoms with van der Waals surface area (Å²) in [6.07, 6.45) is 1.42. The van der Waals surface area contributed by atoms with Gasteiger partial charge in [-0.15, -0.1) is 0 Å². The van der Waals surface area contributed by atoms with Crippen LogP contribution in [-0.2, 0) is 0 Å². The predicted octanol–water partition coefficient (Wildman–Crippen LogP) is 4.03. The van der Waals surface area contributed by atoms with Gasteiger partial charge in [0.05, 0.1) is 12.8 Å². The van der Waals surface area contributed by atoms with Gasteiger partial charge in [0, 0.05) is 11.1 Å². The lowest BCUT2D eigenvalue weighted by molar-refractivity contribution is 0.340. The number of aromatic amines is 1. The Hall–Kier alpha value is -2.80. The van der Waals surface area contributed by atoms with E-state index in [0.717, 1.165) is 11.3 Å². The summed E-state index contributed by atoms with van der Waals surface area (Å²) in [5.74, 6) is 0.964. The third kappa shape index (κ3) is 3.41. The summed E-state index contributed by atoms with van der Waals surface area (Å²) in [5, 5.41) is 11.2. The molecule has 0 fully saturated rings. The maximum atomic E-state index is 13.7. The zero-order chi connectivity index (χ0) is 16.9. The van der Waals surface area contributed by atoms with Gasteiger partial charge in [-0.1, -0.05) is 18.2 Å². The van der Waals surface area contributed by atoms with Crippen LogP contribution in [0.15, 0.2) is 53.6 Å². The Bertz CT molecular complexity index is 915. The third-order valence-electron chi connectivity index (χ3n) is 3.29. The summed E-state index contributed by atoms with van der Waals surface area (Å²) in [6, 6.07) is 13.8. The van der Waals surface area contributed by atoms with E-state index in [-0.39, 0.29) is 5.82 Å². The first-order valence-electron chi connectivity index (χ1n) is 7.38. The van der Waals surface area contributed by atoms with Crippen LogP contribution in [0.2, 0.25) is 0 Å². The molecule has 0 radical (unpaired) electrons. The quantitative estimate of drug-likeness (QED) is 0.563. The lowest BCUT2D eigenvalue weighted by Crippen LogP contribution is -1.96. The van der Waals surface area contributed by atoms with Crippen LogP contribution >= 0.6 is 12.2 Å². The first kappa shape index (κ1) is 16.1. The van der Waals surface area contributed by atoms with Crippen molar-refractivity contribution in [1.29, 1.82) is 0 Å². The molecule has 0 aliphatic heterocycles. The summed E-state index contributed by atoms with van der Waals surface area (Å²) in [4.78, 5) is 0. The Labute approximate surface area is 143 Å². The van der Waals surface area contributed by atoms with Crippen molar-refractivity contribution in [3.63, 3.8) is 0 Å². The topological polar surface area (TPSA) is 55.2 Å². The van der Waals surface area contributed by atoms with E-state index in [9.17, 15) is 4.39 Å². The molecule has 0 saturated carbocycles. The highest BCUT2D eigenvalue weighted by Crippen LogP contribution is 2.21. The molecule has 0 aliphatic rings. The normalized spacial score (nSPS) is 11.1. The SMILES string of the molecule is CCOc1ccc(-c2n[nH]c(=S)n2/N=C/c2ccccc2F)cc1. The van der Waals surface area contributed by atoms with Gasteiger partial charge in [-0.25, -0.2) is 9.49 Å². The fourth-order valence-corrected chi connectivity index (χ4v) is 2.33. The monoisotopic (exact) mass is 342 g/mol. The number of halogens is 1. The third-order valence-corrected chi connectivity index (χ3v) is 3.56. The number of nitrogens with zero attached hydrogens (tertiary/aromatic N) is 3. The maximum absolute atomic E-state index is 13.7. The summed E-state index contributed by atoms with van der Waals surface area (Å²) < 4.78 is 20.9. The fraction of sp³-hybridized carbons (Fsp3) is 0.118. The minimum Gasteiger partial charge on any atom is -0.494 e. The molecule has 24 heavy (non-hydrogen) atoms. The highest BCUT2D eigenvalue weighted by Gasteiger charge is 2.08. The molecule has 0 amide bonds. The molecule has 0 aliphatic carbocycles. The average Bonchev–Trinajstić information content (AvgIpc) is 2.96. The van der Waals surface area contributed by atoms with Crippen LogP contribution in [0.1, 0.15) is 12.5 Å². The summed E-state index contributed by atoms with van der Waals surface area (Å²) in [7, 11) is 0. The molecule has 3 aromatic rings. The minimum atomic E-state index is -0.348. The van der Waals surface area contributed by atoms with Gasteiger partial charge in [0.1, 0.15) is 11.6 Å². The number of benzene rings is 2. The van der Waals surface area contributed by atoms with Gasteiger partial charge in [-0.3, -0.25) is 0 Å². The minimum absolute atomic E-state index is 0.325. The molecule has 1 aromatic heterocycles. The van der Waals surface area contributed by atoms with Gasteiger partial charge in [-0.05, 0) is 49.5 Å². The van der Waals surface area contributed by atoms with Gasteiger partial charge < -0.3 is 4.74 Å². The summed E-state index contributed by atoms with van der Waals surface area (Å²) in [6.45, 7) is 2.53. The van der Waals surface area contributed by atoms with E-state index < -0.39 is 0 Å². The zero-order valence-corrected chi connectivity index (χ0v) is 13.8. The van der Waals surface area contributed by atoms with Crippen LogP contribution < -0.4 is 4.74 Å². The number of hydrogen-bond donors (Lipinski definition) is 1. The van der Waals surface area contributed by atoms with E-state index in [4.69, 9.17) is 17.0 Å². The molecule has 0 unspecified atom stereocenters. The molecule has 0 atom stereocenters. The lowest BCUT2D eigenvalue weighted by atomic mass is 10.2. The fourth-order valence-electron chi connectivity index (χ4n) is 2.15. The van der Waals surface area contributed by atoms with Crippen molar-refractivity contribution >= 4 is 18.4 Å². The van der Waals surface area contributed by atoms with E-state index in [2.05, 4.69) is 15.3 Å². The molecule has 1 N–H and O–H groups in total. The lowest BCUT2D eigenvalue weighted by Gasteiger charge is -2.04. The van der Waals surface area contributed by atoms with Gasteiger partial charge in [-0.2, -0.15) is 14.9 Å². The Morgan fingerprint density at radius 1 is 1.25 bits per heavy atom. The number of nitrogens with one attached hydrogen (secondary N) is 1. The van der Waals surface area contributed by atoms with Gasteiger partial charge in [0.15, 0.2) is 5.82 Å². The first-order valence-corrected chi connectivity index (χ1v) is 7.79. The molecule has 7 heteroatoms. The predicted molar refractivity (Wildman–Crippen MR) is 93.4 cm³/mol. The van der Waals surface area contributed by atoms with E-state index in [1.54, 1.807) is 18.2 Å². The summed E-state index contributed by atoms with van der Waals surface area (Å²) in [5.41, 5.74) is 1.19. The second kappa shape index (κ2) is 7.18. The van der Waals surface area contributed by atoms with E-state index >= 15 is 0 Å². The zero-order valence-electron chi connectivity index (χ0n) is 12.9. The molecule has 0 bridgehead atoms. The molecule has 0 spiro atoms. The molecule has 1 heterocycles. The molecule has 0 saturated heterocycles. The van der Waals surface area contributed by atoms with E-state index in [0.29, 0.717) is 22.8 Å². The van der Waals surface area contributed by atoms with Crippen molar-refractivity contribution in [2.45, 2.75) is 6.92 Å². The molecular weight excluding hydrogens is 327 g/mol. The van der Waals surface area contributed by atoms with Gasteiger partial charge >= 0.3 is 0 Å². The van der Waals surface area contributed by atoms with Crippen LogP contribution in [0.4, 0.5) is 4.39 Å². The maximum Gasteiger partial charge on any atom is 0.216 e. The highest BCUT2D eigenvalue weighted by atomic mass is 32.1. The second-order valence-electron chi connectivity index (χ2n) is 4.89. The molecule has 2 aromatic carbocycles.